The summed E-state index contributed by atoms with van der Waals surface area (Å²) in [5.41, 5.74) is 9.69. The Morgan fingerprint density at radius 1 is 1.23 bits per heavy atom. The van der Waals surface area contributed by atoms with E-state index in [0.717, 1.165) is 40.2 Å². The zero-order valence-corrected chi connectivity index (χ0v) is 18.2. The number of carbonyl (C=O) groups excluding carboxylic acids is 1. The van der Waals surface area contributed by atoms with Gasteiger partial charge in [-0.3, -0.25) is 4.79 Å². The lowest BCUT2D eigenvalue weighted by atomic mass is 10.2. The van der Waals surface area contributed by atoms with Gasteiger partial charge in [0.1, 0.15) is 17.7 Å². The Kier molecular flexibility index (Phi) is 5.39. The molecule has 4 aromatic rings. The van der Waals surface area contributed by atoms with Crippen molar-refractivity contribution in [1.29, 1.82) is 0 Å². The summed E-state index contributed by atoms with van der Waals surface area (Å²) in [4.78, 5) is 29.0. The topological polar surface area (TPSA) is 109 Å². The standard InChI is InChI=1S/C21H21N7OS2/c22-21-26-18(25-13-5-6-15-17(9-13)31-12-24-15)10-19(27-21)28-7-1-4-16(28)20(29)23-11-14-3-2-8-30-14/h2-3,5-6,8-10,12,16H,1,4,7,11H2,(H,23,29)(H3,22,25,26,27)/t16-/m0/s1. The molecule has 0 saturated carbocycles. The SMILES string of the molecule is Nc1nc(Nc2ccc3ncsc3c2)cc(N2CCC[C@H]2C(=O)NCc2cccs2)n1. The molecule has 158 valence electrons. The highest BCUT2D eigenvalue weighted by molar-refractivity contribution is 7.16. The van der Waals surface area contributed by atoms with Crippen molar-refractivity contribution in [2.75, 3.05) is 22.5 Å². The van der Waals surface area contributed by atoms with Gasteiger partial charge in [-0.2, -0.15) is 9.97 Å². The molecule has 4 heterocycles. The number of nitrogens with two attached hydrogens (primary N) is 1. The van der Waals surface area contributed by atoms with Gasteiger partial charge in [-0.05, 0) is 42.5 Å². The second kappa shape index (κ2) is 8.48. The first-order valence-electron chi connectivity index (χ1n) is 9.97. The Labute approximate surface area is 187 Å². The number of anilines is 4. The van der Waals surface area contributed by atoms with Gasteiger partial charge in [0.2, 0.25) is 11.9 Å². The summed E-state index contributed by atoms with van der Waals surface area (Å²) in [6.45, 7) is 1.29. The minimum atomic E-state index is -0.268. The molecule has 31 heavy (non-hydrogen) atoms. The third-order valence-electron chi connectivity index (χ3n) is 5.20. The first kappa shape index (κ1) is 19.7. The van der Waals surface area contributed by atoms with E-state index >= 15 is 0 Å². The molecule has 1 atom stereocenters. The second-order valence-electron chi connectivity index (χ2n) is 7.28. The summed E-state index contributed by atoms with van der Waals surface area (Å²) in [7, 11) is 0. The normalized spacial score (nSPS) is 16.0. The van der Waals surface area contributed by atoms with Crippen LogP contribution in [-0.2, 0) is 11.3 Å². The van der Waals surface area contributed by atoms with Crippen LogP contribution in [0.25, 0.3) is 10.2 Å². The van der Waals surface area contributed by atoms with E-state index in [0.29, 0.717) is 18.2 Å². The first-order chi connectivity index (χ1) is 15.2. The summed E-state index contributed by atoms with van der Waals surface area (Å²) >= 11 is 3.22. The van der Waals surface area contributed by atoms with Crippen molar-refractivity contribution < 1.29 is 4.79 Å². The van der Waals surface area contributed by atoms with E-state index in [-0.39, 0.29) is 17.9 Å². The number of thiophene rings is 1. The van der Waals surface area contributed by atoms with Crippen LogP contribution in [0.4, 0.5) is 23.3 Å². The monoisotopic (exact) mass is 451 g/mol. The number of hydrogen-bond acceptors (Lipinski definition) is 9. The summed E-state index contributed by atoms with van der Waals surface area (Å²) in [6.07, 6.45) is 1.71. The van der Waals surface area contributed by atoms with Gasteiger partial charge in [-0.25, -0.2) is 4.98 Å². The fraction of sp³-hybridized carbons (Fsp3) is 0.238. The van der Waals surface area contributed by atoms with Gasteiger partial charge in [0.25, 0.3) is 0 Å². The number of nitrogens with one attached hydrogen (secondary N) is 2. The van der Waals surface area contributed by atoms with Gasteiger partial charge < -0.3 is 21.3 Å². The fourth-order valence-corrected chi connectivity index (χ4v) is 5.12. The molecule has 4 N–H and O–H groups in total. The van der Waals surface area contributed by atoms with Crippen LogP contribution < -0.4 is 21.3 Å². The number of benzene rings is 1. The van der Waals surface area contributed by atoms with Crippen LogP contribution in [0.1, 0.15) is 17.7 Å². The number of amides is 1. The number of fused-ring (bicyclic) bond motifs is 1. The van der Waals surface area contributed by atoms with Crippen molar-refractivity contribution in [3.05, 3.63) is 52.2 Å². The van der Waals surface area contributed by atoms with Gasteiger partial charge in [0.15, 0.2) is 0 Å². The molecule has 0 bridgehead atoms. The third kappa shape index (κ3) is 4.30. The zero-order chi connectivity index (χ0) is 21.2. The highest BCUT2D eigenvalue weighted by atomic mass is 32.1. The van der Waals surface area contributed by atoms with Crippen LogP contribution in [0.15, 0.2) is 47.3 Å². The maximum Gasteiger partial charge on any atom is 0.243 e. The molecule has 1 amide bonds. The molecule has 10 heteroatoms. The molecule has 1 aliphatic heterocycles. The first-order valence-corrected chi connectivity index (χ1v) is 11.7. The molecule has 1 saturated heterocycles. The predicted molar refractivity (Wildman–Crippen MR) is 126 cm³/mol. The highest BCUT2D eigenvalue weighted by Crippen LogP contribution is 2.29. The van der Waals surface area contributed by atoms with Crippen LogP contribution >= 0.6 is 22.7 Å². The zero-order valence-electron chi connectivity index (χ0n) is 16.6. The van der Waals surface area contributed by atoms with E-state index in [2.05, 4.69) is 25.6 Å². The molecule has 8 nitrogen and oxygen atoms in total. The average molecular weight is 452 g/mol. The second-order valence-corrected chi connectivity index (χ2v) is 9.20. The molecule has 1 aromatic carbocycles. The number of nitrogen functional groups attached to an aromatic ring is 1. The summed E-state index contributed by atoms with van der Waals surface area (Å²) in [5.74, 6) is 1.43. The summed E-state index contributed by atoms with van der Waals surface area (Å²) < 4.78 is 1.09. The predicted octanol–water partition coefficient (Wildman–Crippen LogP) is 3.76. The lowest BCUT2D eigenvalue weighted by Crippen LogP contribution is -2.43. The number of hydrogen-bond donors (Lipinski definition) is 3. The Morgan fingerprint density at radius 2 is 2.16 bits per heavy atom. The fourth-order valence-electron chi connectivity index (χ4n) is 3.76. The average Bonchev–Trinajstić information content (AvgIpc) is 3.52. The van der Waals surface area contributed by atoms with Crippen molar-refractivity contribution >= 4 is 62.1 Å². The van der Waals surface area contributed by atoms with Crippen LogP contribution in [0.5, 0.6) is 0 Å². The molecule has 1 aliphatic rings. The van der Waals surface area contributed by atoms with Crippen molar-refractivity contribution in [2.24, 2.45) is 0 Å². The van der Waals surface area contributed by atoms with Gasteiger partial charge in [0, 0.05) is 23.2 Å². The molecule has 0 unspecified atom stereocenters. The Morgan fingerprint density at radius 3 is 3.03 bits per heavy atom. The maximum atomic E-state index is 12.8. The molecule has 1 fully saturated rings. The van der Waals surface area contributed by atoms with E-state index in [4.69, 9.17) is 5.73 Å². The van der Waals surface area contributed by atoms with Crippen molar-refractivity contribution in [1.82, 2.24) is 20.3 Å². The van der Waals surface area contributed by atoms with Crippen LogP contribution in [0, 0.1) is 0 Å². The van der Waals surface area contributed by atoms with E-state index < -0.39 is 0 Å². The quantitative estimate of drug-likeness (QED) is 0.409. The molecule has 0 aliphatic carbocycles. The Bertz CT molecular complexity index is 1210. The molecule has 0 radical (unpaired) electrons. The number of aromatic nitrogens is 3. The number of nitrogens with zero attached hydrogens (tertiary/aromatic N) is 4. The van der Waals surface area contributed by atoms with E-state index in [1.165, 1.54) is 0 Å². The van der Waals surface area contributed by atoms with E-state index in [1.807, 2.05) is 52.2 Å². The largest absolute Gasteiger partial charge is 0.368 e. The van der Waals surface area contributed by atoms with Gasteiger partial charge in [0.05, 0.1) is 22.3 Å². The van der Waals surface area contributed by atoms with Crippen LogP contribution in [0.3, 0.4) is 0 Å². The third-order valence-corrected chi connectivity index (χ3v) is 6.87. The van der Waals surface area contributed by atoms with Crippen molar-refractivity contribution in [3.8, 4) is 0 Å². The van der Waals surface area contributed by atoms with Gasteiger partial charge in [-0.1, -0.05) is 6.07 Å². The Hall–Kier alpha value is -3.24. The van der Waals surface area contributed by atoms with Crippen LogP contribution in [-0.4, -0.2) is 33.4 Å². The van der Waals surface area contributed by atoms with Gasteiger partial charge in [-0.15, -0.1) is 22.7 Å². The molecular weight excluding hydrogens is 430 g/mol. The number of rotatable bonds is 6. The van der Waals surface area contributed by atoms with Gasteiger partial charge >= 0.3 is 0 Å². The Balaban J connectivity index is 1.33. The van der Waals surface area contributed by atoms with Crippen molar-refractivity contribution in [2.45, 2.75) is 25.4 Å². The molecular formula is C21H21N7OS2. The van der Waals surface area contributed by atoms with E-state index in [1.54, 1.807) is 22.7 Å². The summed E-state index contributed by atoms with van der Waals surface area (Å²) in [6, 6.07) is 11.5. The number of carbonyl (C=O) groups is 1. The maximum absolute atomic E-state index is 12.8. The number of thiazole rings is 1. The molecule has 3 aromatic heterocycles. The molecule has 5 rings (SSSR count). The lowest BCUT2D eigenvalue weighted by Gasteiger charge is -2.25. The molecule has 0 spiro atoms. The minimum Gasteiger partial charge on any atom is -0.368 e. The lowest BCUT2D eigenvalue weighted by molar-refractivity contribution is -0.122. The van der Waals surface area contributed by atoms with E-state index in [9.17, 15) is 4.79 Å². The minimum absolute atomic E-state index is 0.00763. The highest BCUT2D eigenvalue weighted by Gasteiger charge is 2.32. The van der Waals surface area contributed by atoms with Crippen LogP contribution in [0.2, 0.25) is 0 Å². The summed E-state index contributed by atoms with van der Waals surface area (Å²) in [5, 5.41) is 8.35. The van der Waals surface area contributed by atoms with Crippen molar-refractivity contribution in [3.63, 3.8) is 0 Å². The smallest absolute Gasteiger partial charge is 0.243 e.